The highest BCUT2D eigenvalue weighted by molar-refractivity contribution is 6.28. The van der Waals surface area contributed by atoms with Crippen LogP contribution in [-0.2, 0) is 6.42 Å². The summed E-state index contributed by atoms with van der Waals surface area (Å²) in [5, 5.41) is 7.86. The van der Waals surface area contributed by atoms with Crippen LogP contribution in [0, 0.1) is 0 Å². The molecule has 0 fully saturated rings. The van der Waals surface area contributed by atoms with Crippen LogP contribution in [0.3, 0.4) is 0 Å². The summed E-state index contributed by atoms with van der Waals surface area (Å²) in [6.45, 7) is 0. The van der Waals surface area contributed by atoms with Crippen molar-refractivity contribution in [2.45, 2.75) is 6.42 Å². The van der Waals surface area contributed by atoms with Crippen LogP contribution in [0.15, 0.2) is 30.7 Å². The van der Waals surface area contributed by atoms with Gasteiger partial charge in [-0.15, -0.1) is 0 Å². The molecular weight excluding hydrogens is 238 g/mol. The fourth-order valence-corrected chi connectivity index (χ4v) is 1.88. The van der Waals surface area contributed by atoms with Gasteiger partial charge in [-0.1, -0.05) is 0 Å². The lowest BCUT2D eigenvalue weighted by atomic mass is 10.1. The summed E-state index contributed by atoms with van der Waals surface area (Å²) in [5.41, 5.74) is 2.64. The fraction of sp³-hybridized carbons (Fsp3) is 0.0909. The van der Waals surface area contributed by atoms with E-state index in [9.17, 15) is 0 Å². The van der Waals surface area contributed by atoms with Crippen LogP contribution in [0.2, 0.25) is 5.28 Å². The van der Waals surface area contributed by atoms with Gasteiger partial charge in [-0.3, -0.25) is 10.1 Å². The van der Waals surface area contributed by atoms with Crippen molar-refractivity contribution in [3.63, 3.8) is 0 Å². The van der Waals surface area contributed by atoms with Crippen molar-refractivity contribution in [2.24, 2.45) is 0 Å². The van der Waals surface area contributed by atoms with E-state index in [0.717, 1.165) is 16.6 Å². The molecule has 3 rings (SSSR count). The van der Waals surface area contributed by atoms with Gasteiger partial charge in [0.2, 0.25) is 5.28 Å². The summed E-state index contributed by atoms with van der Waals surface area (Å²) in [7, 11) is 0. The Balaban J connectivity index is 2.08. The van der Waals surface area contributed by atoms with E-state index < -0.39 is 0 Å². The molecule has 0 saturated carbocycles. The normalized spacial score (nSPS) is 10.9. The first-order chi connectivity index (χ1) is 8.33. The largest absolute Gasteiger partial charge is 0.265 e. The van der Waals surface area contributed by atoms with Gasteiger partial charge >= 0.3 is 0 Å². The second-order valence-corrected chi connectivity index (χ2v) is 3.94. The molecule has 0 saturated heterocycles. The number of pyridine rings is 1. The van der Waals surface area contributed by atoms with Gasteiger partial charge in [0.1, 0.15) is 0 Å². The van der Waals surface area contributed by atoms with Gasteiger partial charge in [0.25, 0.3) is 0 Å². The lowest BCUT2D eigenvalue weighted by molar-refractivity contribution is 1.05. The smallest absolute Gasteiger partial charge is 0.224 e. The monoisotopic (exact) mass is 245 g/mol. The van der Waals surface area contributed by atoms with Gasteiger partial charge in [0.15, 0.2) is 5.65 Å². The van der Waals surface area contributed by atoms with Crippen LogP contribution in [0.1, 0.15) is 11.3 Å². The zero-order valence-corrected chi connectivity index (χ0v) is 9.52. The molecule has 0 aliphatic heterocycles. The highest BCUT2D eigenvalue weighted by atomic mass is 35.5. The third-order valence-electron chi connectivity index (χ3n) is 2.48. The summed E-state index contributed by atoms with van der Waals surface area (Å²) < 4.78 is 0. The van der Waals surface area contributed by atoms with Crippen molar-refractivity contribution in [3.8, 4) is 0 Å². The number of rotatable bonds is 2. The predicted molar refractivity (Wildman–Crippen MR) is 63.7 cm³/mol. The molecule has 3 aromatic heterocycles. The Bertz CT molecular complexity index is 649. The van der Waals surface area contributed by atoms with E-state index in [-0.39, 0.29) is 5.28 Å². The zero-order chi connectivity index (χ0) is 11.7. The molecule has 0 radical (unpaired) electrons. The van der Waals surface area contributed by atoms with Gasteiger partial charge in [-0.2, -0.15) is 10.1 Å². The van der Waals surface area contributed by atoms with Crippen LogP contribution < -0.4 is 0 Å². The first-order valence-corrected chi connectivity index (χ1v) is 5.45. The zero-order valence-electron chi connectivity index (χ0n) is 8.76. The van der Waals surface area contributed by atoms with Gasteiger partial charge in [-0.05, 0) is 29.3 Å². The van der Waals surface area contributed by atoms with Crippen LogP contribution in [0.5, 0.6) is 0 Å². The highest BCUT2D eigenvalue weighted by Crippen LogP contribution is 2.18. The molecule has 84 valence electrons. The van der Waals surface area contributed by atoms with Crippen molar-refractivity contribution in [2.75, 3.05) is 0 Å². The van der Waals surface area contributed by atoms with Crippen LogP contribution in [0.25, 0.3) is 11.0 Å². The van der Waals surface area contributed by atoms with E-state index >= 15 is 0 Å². The first-order valence-electron chi connectivity index (χ1n) is 5.07. The van der Waals surface area contributed by atoms with E-state index in [1.54, 1.807) is 18.6 Å². The number of aromatic nitrogens is 5. The number of H-pyrrole nitrogens is 1. The van der Waals surface area contributed by atoms with E-state index in [4.69, 9.17) is 11.6 Å². The van der Waals surface area contributed by atoms with Crippen molar-refractivity contribution >= 4 is 22.6 Å². The van der Waals surface area contributed by atoms with Crippen LogP contribution in [0.4, 0.5) is 0 Å². The number of halogens is 1. The minimum absolute atomic E-state index is 0.228. The number of nitrogens with one attached hydrogen (secondary N) is 1. The molecule has 0 atom stereocenters. The Labute approximate surface area is 102 Å². The maximum absolute atomic E-state index is 5.86. The van der Waals surface area contributed by atoms with Gasteiger partial charge < -0.3 is 0 Å². The van der Waals surface area contributed by atoms with Crippen molar-refractivity contribution < 1.29 is 0 Å². The van der Waals surface area contributed by atoms with Crippen LogP contribution in [-0.4, -0.2) is 25.1 Å². The van der Waals surface area contributed by atoms with Crippen molar-refractivity contribution in [3.05, 3.63) is 47.3 Å². The first kappa shape index (κ1) is 10.2. The third kappa shape index (κ3) is 1.97. The standard InChI is InChI=1S/C11H8ClN5/c12-11-15-9(5-7-1-3-13-4-2-7)8-6-14-17-10(8)16-11/h1-4,6H,5H2,(H,14,15,16,17). The minimum atomic E-state index is 0.228. The molecule has 0 aliphatic carbocycles. The number of hydrogen-bond acceptors (Lipinski definition) is 4. The molecule has 1 N–H and O–H groups in total. The van der Waals surface area contributed by atoms with Gasteiger partial charge in [0.05, 0.1) is 17.3 Å². The molecule has 0 spiro atoms. The Morgan fingerprint density at radius 1 is 1.18 bits per heavy atom. The van der Waals surface area contributed by atoms with E-state index in [0.29, 0.717) is 12.1 Å². The molecule has 0 aromatic carbocycles. The molecule has 0 unspecified atom stereocenters. The van der Waals surface area contributed by atoms with Gasteiger partial charge in [0, 0.05) is 18.8 Å². The summed E-state index contributed by atoms with van der Waals surface area (Å²) in [6, 6.07) is 3.89. The minimum Gasteiger partial charge on any atom is -0.265 e. The maximum atomic E-state index is 5.86. The number of hydrogen-bond donors (Lipinski definition) is 1. The predicted octanol–water partition coefficient (Wildman–Crippen LogP) is 1.99. The van der Waals surface area contributed by atoms with E-state index in [2.05, 4.69) is 25.1 Å². The molecule has 3 heterocycles. The van der Waals surface area contributed by atoms with Crippen molar-refractivity contribution in [1.29, 1.82) is 0 Å². The Morgan fingerprint density at radius 2 is 2.00 bits per heavy atom. The third-order valence-corrected chi connectivity index (χ3v) is 2.65. The Hall–Kier alpha value is -2.01. The molecule has 0 aliphatic rings. The second kappa shape index (κ2) is 4.10. The number of fused-ring (bicyclic) bond motifs is 1. The molecular formula is C11H8ClN5. The van der Waals surface area contributed by atoms with E-state index in [1.807, 2.05) is 12.1 Å². The molecule has 0 bridgehead atoms. The lowest BCUT2D eigenvalue weighted by Crippen LogP contribution is -1.96. The Kier molecular flexibility index (Phi) is 2.45. The summed E-state index contributed by atoms with van der Waals surface area (Å²) in [5.74, 6) is 0. The second-order valence-electron chi connectivity index (χ2n) is 3.60. The SMILES string of the molecule is Clc1nc(Cc2ccncc2)c2cn[nH]c2n1. The fourth-order valence-electron chi connectivity index (χ4n) is 1.69. The van der Waals surface area contributed by atoms with Crippen LogP contribution >= 0.6 is 11.6 Å². The number of aromatic amines is 1. The average molecular weight is 246 g/mol. The molecule has 3 aromatic rings. The maximum Gasteiger partial charge on any atom is 0.224 e. The average Bonchev–Trinajstić information content (AvgIpc) is 2.78. The van der Waals surface area contributed by atoms with E-state index in [1.165, 1.54) is 0 Å². The molecule has 5 nitrogen and oxygen atoms in total. The summed E-state index contributed by atoms with van der Waals surface area (Å²) in [4.78, 5) is 12.3. The highest BCUT2D eigenvalue weighted by Gasteiger charge is 2.08. The number of nitrogens with zero attached hydrogens (tertiary/aromatic N) is 4. The van der Waals surface area contributed by atoms with Crippen molar-refractivity contribution in [1.82, 2.24) is 25.1 Å². The topological polar surface area (TPSA) is 67.3 Å². The quantitative estimate of drug-likeness (QED) is 0.701. The summed E-state index contributed by atoms with van der Waals surface area (Å²) in [6.07, 6.45) is 5.90. The lowest BCUT2D eigenvalue weighted by Gasteiger charge is -2.02. The molecule has 6 heteroatoms. The molecule has 0 amide bonds. The molecule has 17 heavy (non-hydrogen) atoms. The van der Waals surface area contributed by atoms with Gasteiger partial charge in [-0.25, -0.2) is 4.98 Å². The summed E-state index contributed by atoms with van der Waals surface area (Å²) >= 11 is 5.86. The Morgan fingerprint density at radius 3 is 2.82 bits per heavy atom.